The highest BCUT2D eigenvalue weighted by molar-refractivity contribution is 8.00. The molecule has 1 amide bonds. The lowest BCUT2D eigenvalue weighted by Crippen LogP contribution is -2.42. The van der Waals surface area contributed by atoms with Gasteiger partial charge in [0.1, 0.15) is 0 Å². The van der Waals surface area contributed by atoms with Crippen molar-refractivity contribution in [3.63, 3.8) is 0 Å². The average Bonchev–Trinajstić information content (AvgIpc) is 2.37. The first kappa shape index (κ1) is 15.2. The van der Waals surface area contributed by atoms with Crippen molar-refractivity contribution in [2.24, 2.45) is 0 Å². The Bertz CT molecular complexity index is 475. The number of thioether (sulfide) groups is 1. The summed E-state index contributed by atoms with van der Waals surface area (Å²) in [4.78, 5) is 13.7. The Labute approximate surface area is 118 Å². The molecule has 7 heteroatoms. The van der Waals surface area contributed by atoms with Gasteiger partial charge in [-0.15, -0.1) is 0 Å². The summed E-state index contributed by atoms with van der Waals surface area (Å²) >= 11 is -0.208. The van der Waals surface area contributed by atoms with Crippen molar-refractivity contribution in [3.8, 4) is 0 Å². The maximum Gasteiger partial charge on any atom is 0.446 e. The summed E-state index contributed by atoms with van der Waals surface area (Å²) in [5, 5.41) is 9.52. The molecule has 20 heavy (non-hydrogen) atoms. The Morgan fingerprint density at radius 1 is 1.30 bits per heavy atom. The van der Waals surface area contributed by atoms with E-state index in [1.165, 1.54) is 29.2 Å². The number of rotatable bonds is 2. The van der Waals surface area contributed by atoms with Gasteiger partial charge in [0.05, 0.1) is 6.10 Å². The Kier molecular flexibility index (Phi) is 4.59. The summed E-state index contributed by atoms with van der Waals surface area (Å²) in [6.45, 7) is 0.840. The van der Waals surface area contributed by atoms with Gasteiger partial charge in [0.25, 0.3) is 5.91 Å². The van der Waals surface area contributed by atoms with Crippen LogP contribution in [0, 0.1) is 0 Å². The zero-order chi connectivity index (χ0) is 14.8. The van der Waals surface area contributed by atoms with Crippen LogP contribution < -0.4 is 0 Å². The van der Waals surface area contributed by atoms with Crippen LogP contribution in [-0.4, -0.2) is 40.6 Å². The summed E-state index contributed by atoms with van der Waals surface area (Å²) in [5.41, 5.74) is -3.99. The number of halogens is 3. The zero-order valence-electron chi connectivity index (χ0n) is 10.6. The minimum atomic E-state index is -4.33. The standard InChI is InChI=1S/C13H14F3NO2S/c14-13(15,16)20-11-5-3-9(4-6-11)12(19)17-7-1-2-10(18)8-17/h3-6,10,18H,1-2,7-8H2. The number of hydrogen-bond acceptors (Lipinski definition) is 3. The van der Waals surface area contributed by atoms with Gasteiger partial charge < -0.3 is 10.0 Å². The van der Waals surface area contributed by atoms with E-state index in [2.05, 4.69) is 0 Å². The topological polar surface area (TPSA) is 40.5 Å². The van der Waals surface area contributed by atoms with Crippen molar-refractivity contribution in [1.82, 2.24) is 4.90 Å². The van der Waals surface area contributed by atoms with Crippen LogP contribution in [0.2, 0.25) is 0 Å². The first-order chi connectivity index (χ1) is 9.35. The highest BCUT2D eigenvalue weighted by atomic mass is 32.2. The van der Waals surface area contributed by atoms with Gasteiger partial charge in [-0.25, -0.2) is 0 Å². The molecule has 2 rings (SSSR count). The second-order valence-corrected chi connectivity index (χ2v) is 5.76. The van der Waals surface area contributed by atoms with Crippen molar-refractivity contribution < 1.29 is 23.1 Å². The first-order valence-electron chi connectivity index (χ1n) is 6.18. The third kappa shape index (κ3) is 4.14. The minimum Gasteiger partial charge on any atom is -0.391 e. The molecule has 1 unspecified atom stereocenters. The van der Waals surface area contributed by atoms with Crippen LogP contribution in [0.25, 0.3) is 0 Å². The van der Waals surface area contributed by atoms with E-state index >= 15 is 0 Å². The smallest absolute Gasteiger partial charge is 0.391 e. The number of benzene rings is 1. The molecule has 1 fully saturated rings. The molecule has 1 saturated heterocycles. The zero-order valence-corrected chi connectivity index (χ0v) is 11.4. The highest BCUT2D eigenvalue weighted by Crippen LogP contribution is 2.36. The van der Waals surface area contributed by atoms with E-state index in [1.54, 1.807) is 0 Å². The second kappa shape index (κ2) is 6.05. The molecule has 1 aromatic rings. The lowest BCUT2D eigenvalue weighted by molar-refractivity contribution is -0.0328. The van der Waals surface area contributed by atoms with Crippen LogP contribution in [0.5, 0.6) is 0 Å². The fourth-order valence-corrected chi connectivity index (χ4v) is 2.66. The van der Waals surface area contributed by atoms with Gasteiger partial charge in [-0.3, -0.25) is 4.79 Å². The third-order valence-electron chi connectivity index (χ3n) is 3.02. The Balaban J connectivity index is 2.04. The summed E-state index contributed by atoms with van der Waals surface area (Å²) in [5.74, 6) is -0.257. The number of hydrogen-bond donors (Lipinski definition) is 1. The average molecular weight is 305 g/mol. The number of carbonyl (C=O) groups excluding carboxylic acids is 1. The molecule has 1 heterocycles. The van der Waals surface area contributed by atoms with E-state index in [0.717, 1.165) is 6.42 Å². The van der Waals surface area contributed by atoms with Gasteiger partial charge >= 0.3 is 5.51 Å². The van der Waals surface area contributed by atoms with Crippen molar-refractivity contribution in [3.05, 3.63) is 29.8 Å². The van der Waals surface area contributed by atoms with E-state index in [-0.39, 0.29) is 29.1 Å². The molecule has 1 aromatic carbocycles. The van der Waals surface area contributed by atoms with Crippen molar-refractivity contribution in [1.29, 1.82) is 0 Å². The Morgan fingerprint density at radius 2 is 1.95 bits per heavy atom. The van der Waals surface area contributed by atoms with Crippen LogP contribution in [-0.2, 0) is 0 Å². The van der Waals surface area contributed by atoms with Crippen molar-refractivity contribution in [2.45, 2.75) is 29.3 Å². The fourth-order valence-electron chi connectivity index (χ4n) is 2.12. The van der Waals surface area contributed by atoms with Crippen LogP contribution in [0.4, 0.5) is 13.2 Å². The SMILES string of the molecule is O=C(c1ccc(SC(F)(F)F)cc1)N1CCCC(O)C1. The normalized spacial score (nSPS) is 20.0. The van der Waals surface area contributed by atoms with E-state index < -0.39 is 11.6 Å². The molecule has 0 aliphatic carbocycles. The predicted molar refractivity (Wildman–Crippen MR) is 69.5 cm³/mol. The van der Waals surface area contributed by atoms with Crippen molar-refractivity contribution in [2.75, 3.05) is 13.1 Å². The van der Waals surface area contributed by atoms with Crippen LogP contribution >= 0.6 is 11.8 Å². The lowest BCUT2D eigenvalue weighted by atomic mass is 10.1. The van der Waals surface area contributed by atoms with Crippen LogP contribution in [0.15, 0.2) is 29.2 Å². The molecule has 0 saturated carbocycles. The van der Waals surface area contributed by atoms with E-state index in [1.807, 2.05) is 0 Å². The number of aliphatic hydroxyl groups is 1. The predicted octanol–water partition coefficient (Wildman–Crippen LogP) is 2.90. The van der Waals surface area contributed by atoms with Gasteiger partial charge in [-0.2, -0.15) is 13.2 Å². The molecule has 1 aliphatic rings. The summed E-state index contributed by atoms with van der Waals surface area (Å²) < 4.78 is 36.6. The fraction of sp³-hybridized carbons (Fsp3) is 0.462. The number of aliphatic hydroxyl groups excluding tert-OH is 1. The monoisotopic (exact) mass is 305 g/mol. The van der Waals surface area contributed by atoms with Crippen molar-refractivity contribution >= 4 is 17.7 Å². The van der Waals surface area contributed by atoms with Gasteiger partial charge in [-0.1, -0.05) is 0 Å². The Hall–Kier alpha value is -1.21. The summed E-state index contributed by atoms with van der Waals surface area (Å²) in [6, 6.07) is 5.34. The molecule has 1 atom stereocenters. The number of amides is 1. The number of carbonyl (C=O) groups is 1. The van der Waals surface area contributed by atoms with E-state index in [0.29, 0.717) is 18.5 Å². The summed E-state index contributed by atoms with van der Waals surface area (Å²) in [6.07, 6.45) is 0.882. The van der Waals surface area contributed by atoms with Gasteiger partial charge in [0.15, 0.2) is 0 Å². The molecular formula is C13H14F3NO2S. The van der Waals surface area contributed by atoms with Gasteiger partial charge in [0.2, 0.25) is 0 Å². The number of alkyl halides is 3. The molecule has 0 radical (unpaired) electrons. The van der Waals surface area contributed by atoms with Crippen LogP contribution in [0.3, 0.4) is 0 Å². The first-order valence-corrected chi connectivity index (χ1v) is 7.00. The maximum atomic E-state index is 12.2. The number of likely N-dealkylation sites (tertiary alicyclic amines) is 1. The van der Waals surface area contributed by atoms with E-state index in [4.69, 9.17) is 0 Å². The number of piperidine rings is 1. The van der Waals surface area contributed by atoms with Gasteiger partial charge in [0, 0.05) is 23.5 Å². The quantitative estimate of drug-likeness (QED) is 0.854. The molecular weight excluding hydrogens is 291 g/mol. The molecule has 110 valence electrons. The molecule has 0 bridgehead atoms. The van der Waals surface area contributed by atoms with E-state index in [9.17, 15) is 23.1 Å². The lowest BCUT2D eigenvalue weighted by Gasteiger charge is -2.30. The maximum absolute atomic E-state index is 12.2. The molecule has 1 N–H and O–H groups in total. The molecule has 3 nitrogen and oxygen atoms in total. The number of β-amino-alcohol motifs (C(OH)–C–C–N with tert-alkyl or cyclic N) is 1. The minimum absolute atomic E-state index is 0.0488. The Morgan fingerprint density at radius 3 is 2.50 bits per heavy atom. The molecule has 0 spiro atoms. The molecule has 1 aliphatic heterocycles. The highest BCUT2D eigenvalue weighted by Gasteiger charge is 2.29. The summed E-state index contributed by atoms with van der Waals surface area (Å²) in [7, 11) is 0. The van der Waals surface area contributed by atoms with Crippen LogP contribution in [0.1, 0.15) is 23.2 Å². The number of nitrogens with zero attached hydrogens (tertiary/aromatic N) is 1. The largest absolute Gasteiger partial charge is 0.446 e. The molecule has 0 aromatic heterocycles. The third-order valence-corrected chi connectivity index (χ3v) is 3.76. The second-order valence-electron chi connectivity index (χ2n) is 4.62. The van der Waals surface area contributed by atoms with Gasteiger partial charge in [-0.05, 0) is 48.9 Å².